The molecule has 1 saturated heterocycles. The Labute approximate surface area is 233 Å². The number of amidine groups is 2. The van der Waals surface area contributed by atoms with Crippen LogP contribution in [0.5, 0.6) is 0 Å². The van der Waals surface area contributed by atoms with Crippen LogP contribution in [0.2, 0.25) is 0 Å². The molecule has 6 rings (SSSR count). The third-order valence-electron chi connectivity index (χ3n) is 7.48. The molecule has 3 aromatic carbocycles. The van der Waals surface area contributed by atoms with Gasteiger partial charge in [-0.25, -0.2) is 4.99 Å². The van der Waals surface area contributed by atoms with Crippen molar-refractivity contribution in [1.29, 1.82) is 0 Å². The molecule has 8 heteroatoms. The Balaban J connectivity index is 1.13. The molecule has 3 heterocycles. The lowest BCUT2D eigenvalue weighted by Gasteiger charge is -2.36. The Morgan fingerprint density at radius 3 is 2.38 bits per heavy atom. The number of rotatable bonds is 6. The van der Waals surface area contributed by atoms with Crippen LogP contribution in [0.1, 0.15) is 29.5 Å². The fraction of sp³-hybridized carbons (Fsp3) is 0.290. The number of piperazine rings is 1. The monoisotopic (exact) mass is 537 g/mol. The number of hydrogen-bond acceptors (Lipinski definition) is 6. The van der Waals surface area contributed by atoms with Crippen LogP contribution in [0, 0.1) is 6.92 Å². The van der Waals surface area contributed by atoms with Crippen molar-refractivity contribution in [3.63, 3.8) is 0 Å². The number of nitrogens with zero attached hydrogens (tertiary/aromatic N) is 5. The molecule has 0 N–H and O–H groups in total. The van der Waals surface area contributed by atoms with E-state index in [1.807, 2.05) is 52.3 Å². The lowest BCUT2D eigenvalue weighted by molar-refractivity contribution is -0.131. The number of anilines is 1. The predicted octanol–water partition coefficient (Wildman–Crippen LogP) is 5.02. The third kappa shape index (κ3) is 5.34. The van der Waals surface area contributed by atoms with Gasteiger partial charge in [-0.2, -0.15) is 4.99 Å². The van der Waals surface area contributed by atoms with Gasteiger partial charge < -0.3 is 9.80 Å². The first-order chi connectivity index (χ1) is 19.1. The topological polar surface area (TPSA) is 68.6 Å². The molecule has 0 aromatic heterocycles. The second kappa shape index (κ2) is 11.1. The lowest BCUT2D eigenvalue weighted by atomic mass is 10.1. The van der Waals surface area contributed by atoms with Crippen molar-refractivity contribution in [2.75, 3.05) is 31.1 Å². The Morgan fingerprint density at radius 1 is 0.897 bits per heavy atom. The SMILES string of the molecule is Cc1ccc(CSC2=Nc3ccccc3C3=NC(=O)C(CCC(=O)N4CCN(c5ccccc5)CC4)N23)cc1. The van der Waals surface area contributed by atoms with Gasteiger partial charge in [-0.3, -0.25) is 14.5 Å². The zero-order valence-corrected chi connectivity index (χ0v) is 22.8. The van der Waals surface area contributed by atoms with E-state index in [-0.39, 0.29) is 11.8 Å². The molecule has 3 aliphatic rings. The molecule has 3 aromatic rings. The average molecular weight is 538 g/mol. The smallest absolute Gasteiger partial charge is 0.270 e. The van der Waals surface area contributed by atoms with E-state index < -0.39 is 6.04 Å². The van der Waals surface area contributed by atoms with Crippen LogP contribution < -0.4 is 4.90 Å². The molecular weight excluding hydrogens is 506 g/mol. The molecule has 0 bridgehead atoms. The zero-order chi connectivity index (χ0) is 26.8. The number of amides is 2. The number of aryl methyl sites for hydroxylation is 1. The van der Waals surface area contributed by atoms with Gasteiger partial charge in [0, 0.05) is 49.6 Å². The summed E-state index contributed by atoms with van der Waals surface area (Å²) in [5.74, 6) is 1.27. The van der Waals surface area contributed by atoms with Gasteiger partial charge in [-0.05, 0) is 43.2 Å². The van der Waals surface area contributed by atoms with Gasteiger partial charge in [0.2, 0.25) is 5.91 Å². The summed E-state index contributed by atoms with van der Waals surface area (Å²) in [6, 6.07) is 26.0. The summed E-state index contributed by atoms with van der Waals surface area (Å²) in [6.45, 7) is 5.06. The number of carbonyl (C=O) groups excluding carboxylic acids is 2. The molecule has 1 fully saturated rings. The van der Waals surface area contributed by atoms with E-state index in [0.717, 1.165) is 35.3 Å². The third-order valence-corrected chi connectivity index (χ3v) is 8.51. The quantitative estimate of drug-likeness (QED) is 0.442. The van der Waals surface area contributed by atoms with Crippen molar-refractivity contribution >= 4 is 46.0 Å². The molecule has 39 heavy (non-hydrogen) atoms. The Morgan fingerprint density at radius 2 is 1.62 bits per heavy atom. The van der Waals surface area contributed by atoms with Crippen molar-refractivity contribution in [1.82, 2.24) is 9.80 Å². The van der Waals surface area contributed by atoms with Gasteiger partial charge in [0.25, 0.3) is 5.91 Å². The molecule has 198 valence electrons. The number of carbonyl (C=O) groups is 2. The molecule has 2 amide bonds. The summed E-state index contributed by atoms with van der Waals surface area (Å²) in [5, 5.41) is 0.757. The second-order valence-electron chi connectivity index (χ2n) is 10.1. The van der Waals surface area contributed by atoms with Crippen molar-refractivity contribution in [2.24, 2.45) is 9.98 Å². The standard InChI is InChI=1S/C31H31N5O2S/c1-22-11-13-23(14-12-22)21-39-31-32-26-10-6-5-9-25(26)29-33-30(38)27(36(29)31)15-16-28(37)35-19-17-34(18-20-35)24-7-3-2-4-8-24/h2-14,27H,15-21H2,1H3. The number of para-hydroxylation sites is 2. The number of benzene rings is 3. The van der Waals surface area contributed by atoms with Crippen LogP contribution >= 0.6 is 11.8 Å². The van der Waals surface area contributed by atoms with E-state index in [2.05, 4.69) is 53.2 Å². The van der Waals surface area contributed by atoms with Crippen molar-refractivity contribution in [3.8, 4) is 0 Å². The van der Waals surface area contributed by atoms with E-state index in [4.69, 9.17) is 4.99 Å². The highest BCUT2D eigenvalue weighted by atomic mass is 32.2. The fourth-order valence-electron chi connectivity index (χ4n) is 5.28. The summed E-state index contributed by atoms with van der Waals surface area (Å²) in [7, 11) is 0. The fourth-order valence-corrected chi connectivity index (χ4v) is 6.28. The molecule has 0 spiro atoms. The second-order valence-corrected chi connectivity index (χ2v) is 11.0. The highest BCUT2D eigenvalue weighted by molar-refractivity contribution is 8.13. The molecule has 3 aliphatic heterocycles. The molecule has 7 nitrogen and oxygen atoms in total. The average Bonchev–Trinajstić information content (AvgIpc) is 3.32. The summed E-state index contributed by atoms with van der Waals surface area (Å²) in [4.78, 5) is 41.9. The first kappa shape index (κ1) is 25.4. The molecule has 0 saturated carbocycles. The van der Waals surface area contributed by atoms with E-state index in [0.29, 0.717) is 31.8 Å². The first-order valence-corrected chi connectivity index (χ1v) is 14.4. The zero-order valence-electron chi connectivity index (χ0n) is 22.0. The van der Waals surface area contributed by atoms with Gasteiger partial charge in [0.05, 0.1) is 5.69 Å². The maximum atomic E-state index is 13.2. The molecule has 1 atom stereocenters. The van der Waals surface area contributed by atoms with Gasteiger partial charge in [0.15, 0.2) is 5.17 Å². The highest BCUT2D eigenvalue weighted by Gasteiger charge is 2.42. The summed E-state index contributed by atoms with van der Waals surface area (Å²) >= 11 is 1.60. The Kier molecular flexibility index (Phi) is 7.20. The number of thioether (sulfide) groups is 1. The molecule has 0 aliphatic carbocycles. The Bertz CT molecular complexity index is 1430. The van der Waals surface area contributed by atoms with Gasteiger partial charge in [-0.15, -0.1) is 0 Å². The normalized spacial score (nSPS) is 18.4. The maximum absolute atomic E-state index is 13.2. The van der Waals surface area contributed by atoms with Crippen molar-refractivity contribution in [2.45, 2.75) is 31.6 Å². The van der Waals surface area contributed by atoms with Gasteiger partial charge in [0.1, 0.15) is 11.9 Å². The first-order valence-electron chi connectivity index (χ1n) is 13.4. The predicted molar refractivity (Wildman–Crippen MR) is 158 cm³/mol. The van der Waals surface area contributed by atoms with Gasteiger partial charge in [-0.1, -0.05) is 71.9 Å². The van der Waals surface area contributed by atoms with Crippen LogP contribution in [0.3, 0.4) is 0 Å². The van der Waals surface area contributed by atoms with Crippen LogP contribution in [0.15, 0.2) is 88.8 Å². The molecular formula is C31H31N5O2S. The minimum atomic E-state index is -0.521. The summed E-state index contributed by atoms with van der Waals surface area (Å²) in [5.41, 5.74) is 5.28. The number of aliphatic imine (C=N–C) groups is 2. The van der Waals surface area contributed by atoms with Crippen LogP contribution in [-0.2, 0) is 15.3 Å². The summed E-state index contributed by atoms with van der Waals surface area (Å²) < 4.78 is 0. The highest BCUT2D eigenvalue weighted by Crippen LogP contribution is 2.36. The van der Waals surface area contributed by atoms with E-state index >= 15 is 0 Å². The lowest BCUT2D eigenvalue weighted by Crippen LogP contribution is -2.49. The number of fused-ring (bicyclic) bond motifs is 3. The minimum Gasteiger partial charge on any atom is -0.368 e. The van der Waals surface area contributed by atoms with E-state index in [1.165, 1.54) is 16.8 Å². The minimum absolute atomic E-state index is 0.0900. The van der Waals surface area contributed by atoms with Gasteiger partial charge >= 0.3 is 0 Å². The van der Waals surface area contributed by atoms with Crippen molar-refractivity contribution < 1.29 is 9.59 Å². The van der Waals surface area contributed by atoms with E-state index in [9.17, 15) is 9.59 Å². The largest absolute Gasteiger partial charge is 0.368 e. The summed E-state index contributed by atoms with van der Waals surface area (Å²) in [6.07, 6.45) is 0.717. The number of hydrogen-bond donors (Lipinski definition) is 0. The van der Waals surface area contributed by atoms with E-state index in [1.54, 1.807) is 11.8 Å². The van der Waals surface area contributed by atoms with Crippen LogP contribution in [-0.4, -0.2) is 64.8 Å². The Hall–Kier alpha value is -3.91. The molecule has 1 unspecified atom stereocenters. The van der Waals surface area contributed by atoms with Crippen LogP contribution in [0.4, 0.5) is 11.4 Å². The molecule has 0 radical (unpaired) electrons. The maximum Gasteiger partial charge on any atom is 0.270 e. The van der Waals surface area contributed by atoms with Crippen molar-refractivity contribution in [3.05, 3.63) is 95.6 Å². The van der Waals surface area contributed by atoms with Crippen LogP contribution in [0.25, 0.3) is 0 Å².